The zero-order chi connectivity index (χ0) is 22.3. The molecule has 0 aliphatic carbocycles. The summed E-state index contributed by atoms with van der Waals surface area (Å²) >= 11 is 1.59. The number of aromatic nitrogens is 2. The zero-order valence-electron chi connectivity index (χ0n) is 17.5. The van der Waals surface area contributed by atoms with Gasteiger partial charge in [0.15, 0.2) is 5.69 Å². The third kappa shape index (κ3) is 3.68. The predicted molar refractivity (Wildman–Crippen MR) is 121 cm³/mol. The van der Waals surface area contributed by atoms with Gasteiger partial charge in [-0.05, 0) is 41.6 Å². The van der Waals surface area contributed by atoms with E-state index >= 15 is 0 Å². The zero-order valence-corrected chi connectivity index (χ0v) is 19.1. The molecule has 1 aromatic carbocycles. The highest BCUT2D eigenvalue weighted by Crippen LogP contribution is 2.42. The molecule has 2 saturated heterocycles. The third-order valence-electron chi connectivity index (χ3n) is 6.05. The van der Waals surface area contributed by atoms with Crippen molar-refractivity contribution in [2.24, 2.45) is 5.41 Å². The van der Waals surface area contributed by atoms with Crippen molar-refractivity contribution in [1.29, 1.82) is 0 Å². The fraction of sp³-hybridized carbons (Fsp3) is 0.318. The first-order valence-electron chi connectivity index (χ1n) is 10.2. The van der Waals surface area contributed by atoms with Crippen LogP contribution in [0.2, 0.25) is 0 Å². The Hall–Kier alpha value is -2.82. The van der Waals surface area contributed by atoms with Gasteiger partial charge >= 0.3 is 5.97 Å². The summed E-state index contributed by atoms with van der Waals surface area (Å²) in [6.07, 6.45) is 2.32. The summed E-state index contributed by atoms with van der Waals surface area (Å²) in [5.74, 6) is -0.0460. The average molecular weight is 471 g/mol. The van der Waals surface area contributed by atoms with Gasteiger partial charge in [0.25, 0.3) is 0 Å². The monoisotopic (exact) mass is 470 g/mol. The lowest BCUT2D eigenvalue weighted by Gasteiger charge is -2.48. The van der Waals surface area contributed by atoms with Gasteiger partial charge in [-0.3, -0.25) is 0 Å². The molecule has 2 aromatic heterocycles. The molecule has 8 nitrogen and oxygen atoms in total. The Morgan fingerprint density at radius 1 is 1.16 bits per heavy atom. The number of thiophene rings is 1. The molecular weight excluding hydrogens is 448 g/mol. The van der Waals surface area contributed by atoms with Crippen LogP contribution in [0.4, 0.5) is 5.95 Å². The highest BCUT2D eigenvalue weighted by Gasteiger charge is 2.51. The number of hydrogen-bond donors (Lipinski definition) is 0. The van der Waals surface area contributed by atoms with Gasteiger partial charge in [-0.1, -0.05) is 18.2 Å². The van der Waals surface area contributed by atoms with Crippen molar-refractivity contribution < 1.29 is 17.9 Å². The lowest BCUT2D eigenvalue weighted by Crippen LogP contribution is -2.58. The van der Waals surface area contributed by atoms with E-state index < -0.39 is 16.0 Å². The molecule has 3 aromatic rings. The third-order valence-corrected chi connectivity index (χ3v) is 8.81. The van der Waals surface area contributed by atoms with Crippen LogP contribution in [0, 0.1) is 5.41 Å². The number of anilines is 1. The summed E-state index contributed by atoms with van der Waals surface area (Å²) in [6, 6.07) is 12.6. The standard InChI is InChI=1S/C22H22N4O4S2/c1-30-20(27)18-7-9-23-21(24-18)25-13-22(14-25)8-10-26(15-22)32(28,29)17-5-2-4-16(12-17)19-6-3-11-31-19/h2-7,9,11-12H,8,10,13-15H2,1H3. The number of hydrogen-bond acceptors (Lipinski definition) is 8. The first kappa shape index (κ1) is 21.0. The van der Waals surface area contributed by atoms with E-state index in [4.69, 9.17) is 4.74 Å². The molecule has 166 valence electrons. The molecule has 32 heavy (non-hydrogen) atoms. The number of sulfonamides is 1. The van der Waals surface area contributed by atoms with E-state index in [9.17, 15) is 13.2 Å². The molecule has 0 atom stereocenters. The summed E-state index contributed by atoms with van der Waals surface area (Å²) in [6.45, 7) is 2.26. The summed E-state index contributed by atoms with van der Waals surface area (Å²) in [4.78, 5) is 23.6. The van der Waals surface area contributed by atoms with Crippen LogP contribution >= 0.6 is 11.3 Å². The van der Waals surface area contributed by atoms with Gasteiger partial charge in [0.1, 0.15) is 0 Å². The minimum Gasteiger partial charge on any atom is -0.464 e. The van der Waals surface area contributed by atoms with Crippen LogP contribution in [0.15, 0.2) is 58.9 Å². The number of benzene rings is 1. The van der Waals surface area contributed by atoms with Crippen LogP contribution in [0.1, 0.15) is 16.9 Å². The molecule has 0 amide bonds. The van der Waals surface area contributed by atoms with Crippen molar-refractivity contribution in [1.82, 2.24) is 14.3 Å². The quantitative estimate of drug-likeness (QED) is 0.530. The molecule has 4 heterocycles. The number of nitrogens with zero attached hydrogens (tertiary/aromatic N) is 4. The highest BCUT2D eigenvalue weighted by atomic mass is 32.2. The number of carbonyl (C=O) groups excluding carboxylic acids is 1. The first-order valence-corrected chi connectivity index (χ1v) is 12.5. The maximum absolute atomic E-state index is 13.3. The number of ether oxygens (including phenoxy) is 1. The van der Waals surface area contributed by atoms with E-state index in [1.165, 1.54) is 19.4 Å². The second-order valence-corrected chi connectivity index (χ2v) is 11.1. The molecular formula is C22H22N4O4S2. The van der Waals surface area contributed by atoms with Gasteiger partial charge < -0.3 is 9.64 Å². The molecule has 1 spiro atoms. The molecule has 10 heteroatoms. The Balaban J connectivity index is 1.29. The summed E-state index contributed by atoms with van der Waals surface area (Å²) in [5, 5.41) is 1.98. The minimum atomic E-state index is -3.58. The van der Waals surface area contributed by atoms with Crippen molar-refractivity contribution >= 4 is 33.3 Å². The van der Waals surface area contributed by atoms with Crippen LogP contribution in [0.25, 0.3) is 10.4 Å². The fourth-order valence-corrected chi connectivity index (χ4v) is 6.71. The summed E-state index contributed by atoms with van der Waals surface area (Å²) < 4.78 is 33.0. The summed E-state index contributed by atoms with van der Waals surface area (Å²) in [5.41, 5.74) is 0.996. The van der Waals surface area contributed by atoms with Crippen LogP contribution < -0.4 is 4.90 Å². The molecule has 0 N–H and O–H groups in total. The molecule has 0 radical (unpaired) electrons. The molecule has 0 bridgehead atoms. The summed E-state index contributed by atoms with van der Waals surface area (Å²) in [7, 11) is -2.26. The molecule has 2 aliphatic rings. The van der Waals surface area contributed by atoms with Crippen LogP contribution in [0.5, 0.6) is 0 Å². The Labute approximate surface area is 190 Å². The van der Waals surface area contributed by atoms with E-state index in [1.807, 2.05) is 28.5 Å². The largest absolute Gasteiger partial charge is 0.464 e. The lowest BCUT2D eigenvalue weighted by molar-refractivity contribution is 0.0593. The number of methoxy groups -OCH3 is 1. The average Bonchev–Trinajstić information content (AvgIpc) is 3.48. The first-order chi connectivity index (χ1) is 15.4. The molecule has 2 fully saturated rings. The second-order valence-electron chi connectivity index (χ2n) is 8.18. The van der Waals surface area contributed by atoms with Crippen molar-refractivity contribution in [2.45, 2.75) is 11.3 Å². The maximum Gasteiger partial charge on any atom is 0.356 e. The van der Waals surface area contributed by atoms with Crippen LogP contribution in [-0.4, -0.2) is 61.9 Å². The molecule has 2 aliphatic heterocycles. The molecule has 0 unspecified atom stereocenters. The van der Waals surface area contributed by atoms with Gasteiger partial charge in [0, 0.05) is 42.7 Å². The van der Waals surface area contributed by atoms with E-state index in [0.717, 1.165) is 16.9 Å². The van der Waals surface area contributed by atoms with Crippen molar-refractivity contribution in [3.05, 3.63) is 59.7 Å². The Morgan fingerprint density at radius 2 is 2.00 bits per heavy atom. The van der Waals surface area contributed by atoms with Gasteiger partial charge in [0.05, 0.1) is 12.0 Å². The van der Waals surface area contributed by atoms with Crippen molar-refractivity contribution in [3.63, 3.8) is 0 Å². The fourth-order valence-electron chi connectivity index (χ4n) is 4.38. The maximum atomic E-state index is 13.3. The van der Waals surface area contributed by atoms with Crippen molar-refractivity contribution in [3.8, 4) is 10.4 Å². The van der Waals surface area contributed by atoms with E-state index in [-0.39, 0.29) is 11.1 Å². The predicted octanol–water partition coefficient (Wildman–Crippen LogP) is 2.89. The Morgan fingerprint density at radius 3 is 2.75 bits per heavy atom. The second kappa shape index (κ2) is 7.95. The topological polar surface area (TPSA) is 92.7 Å². The number of esters is 1. The van der Waals surface area contributed by atoms with Gasteiger partial charge in [0.2, 0.25) is 16.0 Å². The minimum absolute atomic E-state index is 0.122. The van der Waals surface area contributed by atoms with E-state index in [1.54, 1.807) is 33.8 Å². The number of rotatable bonds is 5. The Kier molecular flexibility index (Phi) is 5.23. The van der Waals surface area contributed by atoms with E-state index in [2.05, 4.69) is 9.97 Å². The number of carbonyl (C=O) groups is 1. The van der Waals surface area contributed by atoms with Gasteiger partial charge in [-0.2, -0.15) is 4.31 Å². The SMILES string of the molecule is COC(=O)c1ccnc(N2CC3(CCN(S(=O)(=O)c4cccc(-c5cccs5)c4)C3)C2)n1. The Bertz CT molecular complexity index is 1250. The molecule has 5 rings (SSSR count). The smallest absolute Gasteiger partial charge is 0.356 e. The van der Waals surface area contributed by atoms with Gasteiger partial charge in [-0.25, -0.2) is 23.2 Å². The van der Waals surface area contributed by atoms with E-state index in [0.29, 0.717) is 37.0 Å². The van der Waals surface area contributed by atoms with Crippen LogP contribution in [-0.2, 0) is 14.8 Å². The van der Waals surface area contributed by atoms with Crippen molar-refractivity contribution in [2.75, 3.05) is 38.2 Å². The van der Waals surface area contributed by atoms with Crippen LogP contribution in [0.3, 0.4) is 0 Å². The van der Waals surface area contributed by atoms with Gasteiger partial charge in [-0.15, -0.1) is 11.3 Å². The molecule has 0 saturated carbocycles. The highest BCUT2D eigenvalue weighted by molar-refractivity contribution is 7.89. The lowest BCUT2D eigenvalue weighted by atomic mass is 9.79. The normalized spacial score (nSPS) is 18.0.